The van der Waals surface area contributed by atoms with E-state index >= 15 is 0 Å². The number of nitrogens with one attached hydrogen (secondary N) is 2. The maximum atomic E-state index is 12.3. The van der Waals surface area contributed by atoms with Crippen molar-refractivity contribution in [1.82, 2.24) is 14.9 Å². The van der Waals surface area contributed by atoms with E-state index in [9.17, 15) is 13.2 Å². The van der Waals surface area contributed by atoms with Crippen molar-refractivity contribution in [2.45, 2.75) is 11.1 Å². The van der Waals surface area contributed by atoms with Gasteiger partial charge in [-0.25, -0.2) is 13.2 Å². The van der Waals surface area contributed by atoms with E-state index in [1.165, 1.54) is 0 Å². The molecule has 0 amide bonds. The summed E-state index contributed by atoms with van der Waals surface area (Å²) in [4.78, 5) is 11.0. The number of nitrogens with zero attached hydrogens (tertiary/aromatic N) is 1. The summed E-state index contributed by atoms with van der Waals surface area (Å²) >= 11 is 0. The molecule has 2 aromatic rings. The van der Waals surface area contributed by atoms with E-state index in [1.54, 1.807) is 24.3 Å². The standard InChI is InChI=1S/C12H11N3O5S/c16-12(17)8-5-13-14-11(8)21(18,19)15-9-6-20-10-4-2-1-3-7(9)10/h1-5,9,15H,6H2,(H,13,14)(H,16,17). The molecule has 0 radical (unpaired) electrons. The fourth-order valence-corrected chi connectivity index (χ4v) is 3.43. The molecular formula is C12H11N3O5S. The molecule has 0 fully saturated rings. The van der Waals surface area contributed by atoms with Crippen LogP contribution in [0.2, 0.25) is 0 Å². The molecule has 1 unspecified atom stereocenters. The van der Waals surface area contributed by atoms with E-state index in [2.05, 4.69) is 14.9 Å². The zero-order chi connectivity index (χ0) is 15.0. The van der Waals surface area contributed by atoms with Gasteiger partial charge in [0.2, 0.25) is 0 Å². The zero-order valence-electron chi connectivity index (χ0n) is 10.6. The number of carbonyl (C=O) groups is 1. The minimum atomic E-state index is -4.05. The Balaban J connectivity index is 1.91. The number of ether oxygens (including phenoxy) is 1. The number of sulfonamides is 1. The number of para-hydroxylation sites is 1. The third-order valence-corrected chi connectivity index (χ3v) is 4.54. The second kappa shape index (κ2) is 4.86. The van der Waals surface area contributed by atoms with Gasteiger partial charge in [0.1, 0.15) is 17.9 Å². The van der Waals surface area contributed by atoms with Gasteiger partial charge in [0, 0.05) is 5.56 Å². The summed E-state index contributed by atoms with van der Waals surface area (Å²) in [6.07, 6.45) is 0.954. The van der Waals surface area contributed by atoms with E-state index in [0.717, 1.165) is 6.20 Å². The van der Waals surface area contributed by atoms with Gasteiger partial charge in [0.05, 0.1) is 12.2 Å². The third-order valence-electron chi connectivity index (χ3n) is 3.10. The van der Waals surface area contributed by atoms with Crippen LogP contribution in [0.4, 0.5) is 0 Å². The van der Waals surface area contributed by atoms with Crippen LogP contribution in [0.5, 0.6) is 5.75 Å². The minimum Gasteiger partial charge on any atom is -0.491 e. The van der Waals surface area contributed by atoms with Gasteiger partial charge in [0.15, 0.2) is 5.03 Å². The Kier molecular flexibility index (Phi) is 3.15. The van der Waals surface area contributed by atoms with Crippen LogP contribution in [0.3, 0.4) is 0 Å². The fraction of sp³-hybridized carbons (Fsp3) is 0.167. The number of benzene rings is 1. The highest BCUT2D eigenvalue weighted by Gasteiger charge is 2.32. The van der Waals surface area contributed by atoms with E-state index in [-0.39, 0.29) is 6.61 Å². The first-order valence-electron chi connectivity index (χ1n) is 6.00. The number of aromatic carboxylic acids is 1. The zero-order valence-corrected chi connectivity index (χ0v) is 11.4. The average Bonchev–Trinajstić information content (AvgIpc) is 3.06. The van der Waals surface area contributed by atoms with Crippen LogP contribution >= 0.6 is 0 Å². The number of hydrogen-bond acceptors (Lipinski definition) is 5. The van der Waals surface area contributed by atoms with Crippen molar-refractivity contribution in [3.63, 3.8) is 0 Å². The van der Waals surface area contributed by atoms with Crippen LogP contribution in [0, 0.1) is 0 Å². The van der Waals surface area contributed by atoms with Gasteiger partial charge in [-0.2, -0.15) is 9.82 Å². The first-order valence-corrected chi connectivity index (χ1v) is 7.48. The molecular weight excluding hydrogens is 298 g/mol. The summed E-state index contributed by atoms with van der Waals surface area (Å²) in [6.45, 7) is 0.148. The largest absolute Gasteiger partial charge is 0.491 e. The number of carboxylic acid groups (broad SMARTS) is 1. The quantitative estimate of drug-likeness (QED) is 0.757. The lowest BCUT2D eigenvalue weighted by Crippen LogP contribution is -2.30. The highest BCUT2D eigenvalue weighted by molar-refractivity contribution is 7.89. The van der Waals surface area contributed by atoms with Crippen molar-refractivity contribution < 1.29 is 23.1 Å². The average molecular weight is 309 g/mol. The van der Waals surface area contributed by atoms with Gasteiger partial charge in [-0.15, -0.1) is 0 Å². The van der Waals surface area contributed by atoms with Gasteiger partial charge in [-0.1, -0.05) is 18.2 Å². The molecule has 0 spiro atoms. The normalized spacial score (nSPS) is 17.2. The van der Waals surface area contributed by atoms with Gasteiger partial charge in [0.25, 0.3) is 10.0 Å². The van der Waals surface area contributed by atoms with Crippen LogP contribution in [0.1, 0.15) is 22.0 Å². The Morgan fingerprint density at radius 3 is 2.95 bits per heavy atom. The Hall–Kier alpha value is -2.39. The van der Waals surface area contributed by atoms with Crippen molar-refractivity contribution in [1.29, 1.82) is 0 Å². The number of H-pyrrole nitrogens is 1. The molecule has 2 heterocycles. The SMILES string of the molecule is O=C(O)c1cn[nH]c1S(=O)(=O)NC1COc2ccccc21. The predicted molar refractivity (Wildman–Crippen MR) is 70.5 cm³/mol. The molecule has 110 valence electrons. The number of hydrogen-bond donors (Lipinski definition) is 3. The Morgan fingerprint density at radius 2 is 2.19 bits per heavy atom. The summed E-state index contributed by atoms with van der Waals surface area (Å²) in [7, 11) is -4.05. The van der Waals surface area contributed by atoms with Gasteiger partial charge in [-0.05, 0) is 6.07 Å². The van der Waals surface area contributed by atoms with Gasteiger partial charge >= 0.3 is 5.97 Å². The minimum absolute atomic E-state index is 0.148. The number of rotatable bonds is 4. The summed E-state index contributed by atoms with van der Waals surface area (Å²) in [5, 5.41) is 14.2. The van der Waals surface area contributed by atoms with Crippen molar-refractivity contribution in [3.05, 3.63) is 41.6 Å². The topological polar surface area (TPSA) is 121 Å². The molecule has 0 saturated carbocycles. The van der Waals surface area contributed by atoms with Gasteiger partial charge < -0.3 is 9.84 Å². The fourth-order valence-electron chi connectivity index (χ4n) is 2.14. The third kappa shape index (κ3) is 2.36. The van der Waals surface area contributed by atoms with Crippen LogP contribution in [-0.4, -0.2) is 36.3 Å². The molecule has 0 saturated heterocycles. The predicted octanol–water partition coefficient (Wildman–Crippen LogP) is 0.520. The lowest BCUT2D eigenvalue weighted by Gasteiger charge is -2.11. The Labute approximate surface area is 119 Å². The second-order valence-corrected chi connectivity index (χ2v) is 6.09. The molecule has 0 bridgehead atoms. The van der Waals surface area contributed by atoms with Crippen molar-refractivity contribution in [3.8, 4) is 5.75 Å². The van der Waals surface area contributed by atoms with E-state index in [4.69, 9.17) is 9.84 Å². The smallest absolute Gasteiger partial charge is 0.340 e. The molecule has 3 rings (SSSR count). The molecule has 3 N–H and O–H groups in total. The van der Waals surface area contributed by atoms with Crippen LogP contribution < -0.4 is 9.46 Å². The van der Waals surface area contributed by atoms with E-state index in [1.807, 2.05) is 0 Å². The monoisotopic (exact) mass is 309 g/mol. The summed E-state index contributed by atoms with van der Waals surface area (Å²) in [5.74, 6) is -0.763. The molecule has 1 aromatic heterocycles. The number of fused-ring (bicyclic) bond motifs is 1. The highest BCUT2D eigenvalue weighted by Crippen LogP contribution is 2.32. The summed E-state index contributed by atoms with van der Waals surface area (Å²) in [5.41, 5.74) is 0.298. The molecule has 0 aliphatic carbocycles. The number of aromatic amines is 1. The molecule has 1 atom stereocenters. The Morgan fingerprint density at radius 1 is 1.43 bits per heavy atom. The molecule has 1 aromatic carbocycles. The first-order chi connectivity index (χ1) is 9.99. The van der Waals surface area contributed by atoms with E-state index in [0.29, 0.717) is 11.3 Å². The molecule has 1 aliphatic heterocycles. The molecule has 8 nitrogen and oxygen atoms in total. The lowest BCUT2D eigenvalue weighted by molar-refractivity contribution is 0.0692. The Bertz CT molecular complexity index is 799. The van der Waals surface area contributed by atoms with Crippen molar-refractivity contribution in [2.75, 3.05) is 6.61 Å². The van der Waals surface area contributed by atoms with Gasteiger partial charge in [-0.3, -0.25) is 5.10 Å². The first kappa shape index (κ1) is 13.6. The molecule has 9 heteroatoms. The van der Waals surface area contributed by atoms with Crippen molar-refractivity contribution >= 4 is 16.0 Å². The highest BCUT2D eigenvalue weighted by atomic mass is 32.2. The molecule has 1 aliphatic rings. The van der Waals surface area contributed by atoms with Crippen molar-refractivity contribution in [2.24, 2.45) is 0 Å². The maximum Gasteiger partial charge on any atom is 0.340 e. The second-order valence-electron chi connectivity index (χ2n) is 4.44. The van der Waals surface area contributed by atoms with Crippen LogP contribution in [-0.2, 0) is 10.0 Å². The molecule has 21 heavy (non-hydrogen) atoms. The number of aromatic nitrogens is 2. The summed E-state index contributed by atoms with van der Waals surface area (Å²) < 4.78 is 32.4. The summed E-state index contributed by atoms with van der Waals surface area (Å²) in [6, 6.07) is 6.47. The van der Waals surface area contributed by atoms with E-state index < -0.39 is 32.6 Å². The lowest BCUT2D eigenvalue weighted by atomic mass is 10.1. The maximum absolute atomic E-state index is 12.3. The van der Waals surface area contributed by atoms with Crippen LogP contribution in [0.25, 0.3) is 0 Å². The van der Waals surface area contributed by atoms with Crippen LogP contribution in [0.15, 0.2) is 35.5 Å². The number of carboxylic acids is 1.